The molecule has 0 bridgehead atoms. The summed E-state index contributed by atoms with van der Waals surface area (Å²) in [7, 11) is 1.64. The molecule has 0 saturated heterocycles. The number of amides is 1. The van der Waals surface area contributed by atoms with Crippen LogP contribution in [-0.2, 0) is 4.79 Å². The van der Waals surface area contributed by atoms with E-state index >= 15 is 0 Å². The Balaban J connectivity index is 1.75. The summed E-state index contributed by atoms with van der Waals surface area (Å²) < 4.78 is 23.7. The molecule has 2 aromatic carbocycles. The molecule has 0 heterocycles. The maximum absolute atomic E-state index is 12.8. The second-order valence-corrected chi connectivity index (χ2v) is 5.49. The van der Waals surface area contributed by atoms with Gasteiger partial charge in [-0.05, 0) is 43.3 Å². The maximum atomic E-state index is 12.8. The fourth-order valence-corrected chi connectivity index (χ4v) is 2.02. The molecule has 0 aliphatic rings. The number of benzene rings is 2. The highest BCUT2D eigenvalue weighted by Crippen LogP contribution is 2.14. The third-order valence-corrected chi connectivity index (χ3v) is 3.54. The number of hydrogen-bond donors (Lipinski definition) is 0. The van der Waals surface area contributed by atoms with Crippen LogP contribution in [-0.4, -0.2) is 43.4 Å². The van der Waals surface area contributed by atoms with Crippen LogP contribution in [0.15, 0.2) is 48.5 Å². The van der Waals surface area contributed by atoms with Gasteiger partial charge < -0.3 is 14.4 Å². The average molecular weight is 345 g/mol. The lowest BCUT2D eigenvalue weighted by molar-refractivity contribution is -0.132. The Morgan fingerprint density at radius 2 is 1.76 bits per heavy atom. The van der Waals surface area contributed by atoms with Crippen LogP contribution in [0.2, 0.25) is 0 Å². The van der Waals surface area contributed by atoms with Gasteiger partial charge in [0.05, 0.1) is 6.54 Å². The number of ketones is 1. The van der Waals surface area contributed by atoms with E-state index in [1.807, 2.05) is 0 Å². The standard InChI is InChI=1S/C19H20FNO4/c1-14(22)15-4-3-5-18(12-15)25-13-19(23)21(2)10-11-24-17-8-6-16(20)7-9-17/h3-9,12H,10-11,13H2,1-2H3. The Kier molecular flexibility index (Phi) is 6.51. The van der Waals surface area contributed by atoms with Crippen LogP contribution in [0.1, 0.15) is 17.3 Å². The fourth-order valence-electron chi connectivity index (χ4n) is 2.02. The second kappa shape index (κ2) is 8.82. The molecule has 0 N–H and O–H groups in total. The normalized spacial score (nSPS) is 10.2. The number of carbonyl (C=O) groups is 2. The van der Waals surface area contributed by atoms with Crippen LogP contribution in [0.5, 0.6) is 11.5 Å². The van der Waals surface area contributed by atoms with Crippen molar-refractivity contribution >= 4 is 11.7 Å². The number of ether oxygens (including phenoxy) is 2. The Bertz CT molecular complexity index is 730. The van der Waals surface area contributed by atoms with Gasteiger partial charge in [0.1, 0.15) is 23.9 Å². The molecular weight excluding hydrogens is 325 g/mol. The van der Waals surface area contributed by atoms with Crippen molar-refractivity contribution in [3.63, 3.8) is 0 Å². The average Bonchev–Trinajstić information content (AvgIpc) is 2.61. The first-order valence-electron chi connectivity index (χ1n) is 7.82. The van der Waals surface area contributed by atoms with E-state index in [0.717, 1.165) is 0 Å². The van der Waals surface area contributed by atoms with Crippen molar-refractivity contribution in [1.29, 1.82) is 0 Å². The minimum atomic E-state index is -0.328. The summed E-state index contributed by atoms with van der Waals surface area (Å²) in [6.45, 7) is 1.99. The van der Waals surface area contributed by atoms with Crippen LogP contribution < -0.4 is 9.47 Å². The van der Waals surface area contributed by atoms with Crippen LogP contribution in [0.3, 0.4) is 0 Å². The zero-order chi connectivity index (χ0) is 18.2. The molecule has 0 unspecified atom stereocenters. The lowest BCUT2D eigenvalue weighted by Crippen LogP contribution is -2.34. The fraction of sp³-hybridized carbons (Fsp3) is 0.263. The summed E-state index contributed by atoms with van der Waals surface area (Å²) >= 11 is 0. The molecule has 25 heavy (non-hydrogen) atoms. The number of rotatable bonds is 8. The van der Waals surface area contributed by atoms with Crippen LogP contribution in [0.25, 0.3) is 0 Å². The number of nitrogens with zero attached hydrogens (tertiary/aromatic N) is 1. The minimum Gasteiger partial charge on any atom is -0.492 e. The van der Waals surface area contributed by atoms with Gasteiger partial charge in [0.15, 0.2) is 12.4 Å². The number of halogens is 1. The van der Waals surface area contributed by atoms with Crippen molar-refractivity contribution in [2.75, 3.05) is 26.8 Å². The molecule has 2 aromatic rings. The van der Waals surface area contributed by atoms with Gasteiger partial charge in [-0.15, -0.1) is 0 Å². The number of Topliss-reactive ketones (excluding diaryl/α,β-unsaturated/α-hetero) is 1. The largest absolute Gasteiger partial charge is 0.492 e. The number of hydrogen-bond acceptors (Lipinski definition) is 4. The number of likely N-dealkylation sites (N-methyl/N-ethyl adjacent to an activating group) is 1. The third kappa shape index (κ3) is 5.91. The van der Waals surface area contributed by atoms with Crippen LogP contribution >= 0.6 is 0 Å². The molecule has 0 atom stereocenters. The third-order valence-electron chi connectivity index (χ3n) is 3.54. The minimum absolute atomic E-state index is 0.0631. The topological polar surface area (TPSA) is 55.8 Å². The summed E-state index contributed by atoms with van der Waals surface area (Å²) in [5.74, 6) is 0.407. The predicted molar refractivity (Wildman–Crippen MR) is 91.5 cm³/mol. The summed E-state index contributed by atoms with van der Waals surface area (Å²) in [6.07, 6.45) is 0. The van der Waals surface area contributed by atoms with Gasteiger partial charge in [-0.1, -0.05) is 12.1 Å². The van der Waals surface area contributed by atoms with E-state index in [4.69, 9.17) is 9.47 Å². The van der Waals surface area contributed by atoms with E-state index in [2.05, 4.69) is 0 Å². The molecule has 0 saturated carbocycles. The molecule has 2 rings (SSSR count). The number of carbonyl (C=O) groups excluding carboxylic acids is 2. The molecule has 0 aliphatic carbocycles. The summed E-state index contributed by atoms with van der Waals surface area (Å²) in [5.41, 5.74) is 0.533. The molecule has 1 amide bonds. The van der Waals surface area contributed by atoms with Gasteiger partial charge in [-0.2, -0.15) is 0 Å². The van der Waals surface area contributed by atoms with Crippen molar-refractivity contribution in [2.24, 2.45) is 0 Å². The predicted octanol–water partition coefficient (Wildman–Crippen LogP) is 2.94. The first-order valence-corrected chi connectivity index (χ1v) is 7.82. The molecule has 0 spiro atoms. The van der Waals surface area contributed by atoms with Gasteiger partial charge in [0.25, 0.3) is 5.91 Å². The highest BCUT2D eigenvalue weighted by molar-refractivity contribution is 5.94. The quantitative estimate of drug-likeness (QED) is 0.690. The van der Waals surface area contributed by atoms with E-state index in [-0.39, 0.29) is 30.7 Å². The summed E-state index contributed by atoms with van der Waals surface area (Å²) in [5, 5.41) is 0. The van der Waals surface area contributed by atoms with Crippen molar-refractivity contribution < 1.29 is 23.5 Å². The molecule has 5 nitrogen and oxygen atoms in total. The SMILES string of the molecule is CC(=O)c1cccc(OCC(=O)N(C)CCOc2ccc(F)cc2)c1. The van der Waals surface area contributed by atoms with E-state index in [9.17, 15) is 14.0 Å². The monoisotopic (exact) mass is 345 g/mol. The zero-order valence-electron chi connectivity index (χ0n) is 14.2. The summed E-state index contributed by atoms with van der Waals surface area (Å²) in [6, 6.07) is 12.4. The molecule has 0 fully saturated rings. The smallest absolute Gasteiger partial charge is 0.260 e. The van der Waals surface area contributed by atoms with Crippen molar-refractivity contribution in [1.82, 2.24) is 4.90 Å². The van der Waals surface area contributed by atoms with E-state index in [1.165, 1.54) is 36.1 Å². The molecule has 132 valence electrons. The van der Waals surface area contributed by atoms with Crippen LogP contribution in [0, 0.1) is 5.82 Å². The molecule has 0 aliphatic heterocycles. The lowest BCUT2D eigenvalue weighted by Gasteiger charge is -2.18. The summed E-state index contributed by atoms with van der Waals surface area (Å²) in [4.78, 5) is 24.9. The highest BCUT2D eigenvalue weighted by atomic mass is 19.1. The van der Waals surface area contributed by atoms with Crippen molar-refractivity contribution in [3.8, 4) is 11.5 Å². The van der Waals surface area contributed by atoms with Gasteiger partial charge in [0.2, 0.25) is 0 Å². The molecular formula is C19H20FNO4. The van der Waals surface area contributed by atoms with Gasteiger partial charge >= 0.3 is 0 Å². The first kappa shape index (κ1) is 18.4. The second-order valence-electron chi connectivity index (χ2n) is 5.49. The first-order chi connectivity index (χ1) is 12.0. The van der Waals surface area contributed by atoms with Gasteiger partial charge in [-0.3, -0.25) is 9.59 Å². The molecule has 0 aromatic heterocycles. The Morgan fingerprint density at radius 3 is 2.44 bits per heavy atom. The lowest BCUT2D eigenvalue weighted by atomic mass is 10.1. The van der Waals surface area contributed by atoms with Crippen molar-refractivity contribution in [3.05, 3.63) is 59.9 Å². The van der Waals surface area contributed by atoms with Gasteiger partial charge in [0, 0.05) is 12.6 Å². The van der Waals surface area contributed by atoms with E-state index in [0.29, 0.717) is 23.6 Å². The molecule has 0 radical (unpaired) electrons. The maximum Gasteiger partial charge on any atom is 0.260 e. The van der Waals surface area contributed by atoms with E-state index in [1.54, 1.807) is 31.3 Å². The zero-order valence-corrected chi connectivity index (χ0v) is 14.2. The van der Waals surface area contributed by atoms with Crippen LogP contribution in [0.4, 0.5) is 4.39 Å². The van der Waals surface area contributed by atoms with Gasteiger partial charge in [-0.25, -0.2) is 4.39 Å². The Labute approximate surface area is 146 Å². The Hall–Kier alpha value is -2.89. The van der Waals surface area contributed by atoms with Crippen molar-refractivity contribution in [2.45, 2.75) is 6.92 Å². The molecule has 6 heteroatoms. The highest BCUT2D eigenvalue weighted by Gasteiger charge is 2.10. The Morgan fingerprint density at radius 1 is 1.04 bits per heavy atom. The van der Waals surface area contributed by atoms with E-state index < -0.39 is 0 Å².